The molecule has 4 rings (SSSR count). The van der Waals surface area contributed by atoms with Gasteiger partial charge in [-0.3, -0.25) is 4.98 Å². The topological polar surface area (TPSA) is 88.8 Å². The molecular formula is C20H24N6. The molecule has 0 atom stereocenters. The lowest BCUT2D eigenvalue weighted by atomic mass is 10.1. The van der Waals surface area contributed by atoms with Crippen LogP contribution >= 0.6 is 0 Å². The smallest absolute Gasteiger partial charge is 0.159 e. The van der Waals surface area contributed by atoms with Gasteiger partial charge >= 0.3 is 0 Å². The van der Waals surface area contributed by atoms with E-state index in [4.69, 9.17) is 5.73 Å². The molecule has 1 aliphatic carbocycles. The molecule has 1 aliphatic rings. The summed E-state index contributed by atoms with van der Waals surface area (Å²) in [4.78, 5) is 13.1. The first-order valence-corrected chi connectivity index (χ1v) is 9.29. The molecule has 3 aromatic rings. The van der Waals surface area contributed by atoms with E-state index in [1.165, 1.54) is 38.5 Å². The van der Waals surface area contributed by atoms with E-state index >= 15 is 0 Å². The Hall–Kier alpha value is -2.89. The normalized spacial score (nSPS) is 15.5. The number of hydrogen-bond acceptors (Lipinski definition) is 6. The molecule has 0 aliphatic heterocycles. The van der Waals surface area contributed by atoms with Crippen LogP contribution in [0.4, 0.5) is 23.0 Å². The fourth-order valence-corrected chi connectivity index (χ4v) is 3.57. The van der Waals surface area contributed by atoms with Gasteiger partial charge in [-0.2, -0.15) is 0 Å². The fraction of sp³-hybridized carbons (Fsp3) is 0.350. The van der Waals surface area contributed by atoms with Gasteiger partial charge in [0, 0.05) is 23.3 Å². The van der Waals surface area contributed by atoms with Gasteiger partial charge in [0.25, 0.3) is 0 Å². The van der Waals surface area contributed by atoms with Crippen molar-refractivity contribution in [1.82, 2.24) is 15.0 Å². The molecule has 0 spiro atoms. The number of nitrogens with one attached hydrogen (secondary N) is 2. The first kappa shape index (κ1) is 16.6. The highest BCUT2D eigenvalue weighted by Crippen LogP contribution is 2.30. The number of anilines is 4. The second kappa shape index (κ2) is 7.56. The minimum Gasteiger partial charge on any atom is -0.393 e. The van der Waals surface area contributed by atoms with E-state index in [2.05, 4.69) is 25.6 Å². The number of pyridine rings is 1. The standard InChI is InChI=1S/C20H24N6/c21-18-19(25-14-7-3-1-2-4-8-14)23-13-24-20(18)26-17-11-5-10-16-15(17)9-6-12-22-16/h5-6,9-14H,1-4,7-8,21H2,(H2,23,24,25,26). The zero-order valence-electron chi connectivity index (χ0n) is 14.8. The Balaban J connectivity index is 1.59. The molecule has 0 amide bonds. The lowest BCUT2D eigenvalue weighted by Gasteiger charge is -2.19. The summed E-state index contributed by atoms with van der Waals surface area (Å²) >= 11 is 0. The Bertz CT molecular complexity index is 881. The molecule has 0 radical (unpaired) electrons. The molecule has 0 saturated heterocycles. The van der Waals surface area contributed by atoms with Crippen molar-refractivity contribution in [3.8, 4) is 0 Å². The highest BCUT2D eigenvalue weighted by atomic mass is 15.1. The highest BCUT2D eigenvalue weighted by molar-refractivity contribution is 5.94. The quantitative estimate of drug-likeness (QED) is 0.602. The molecule has 134 valence electrons. The lowest BCUT2D eigenvalue weighted by molar-refractivity contribution is 0.618. The molecule has 1 saturated carbocycles. The van der Waals surface area contributed by atoms with E-state index in [1.54, 1.807) is 12.5 Å². The van der Waals surface area contributed by atoms with Gasteiger partial charge in [0.1, 0.15) is 12.0 Å². The van der Waals surface area contributed by atoms with E-state index in [0.29, 0.717) is 23.4 Å². The first-order chi connectivity index (χ1) is 12.8. The van der Waals surface area contributed by atoms with Crippen molar-refractivity contribution in [2.45, 2.75) is 44.6 Å². The van der Waals surface area contributed by atoms with Gasteiger partial charge in [-0.1, -0.05) is 31.7 Å². The lowest BCUT2D eigenvalue weighted by Crippen LogP contribution is -2.20. The van der Waals surface area contributed by atoms with Gasteiger partial charge in [-0.15, -0.1) is 0 Å². The molecule has 2 heterocycles. The predicted octanol–water partition coefficient (Wildman–Crippen LogP) is 4.49. The van der Waals surface area contributed by atoms with E-state index in [1.807, 2.05) is 30.3 Å². The number of benzene rings is 1. The van der Waals surface area contributed by atoms with Crippen LogP contribution in [0.15, 0.2) is 42.9 Å². The van der Waals surface area contributed by atoms with Crippen LogP contribution in [-0.4, -0.2) is 21.0 Å². The number of rotatable bonds is 4. The van der Waals surface area contributed by atoms with E-state index in [-0.39, 0.29) is 0 Å². The average molecular weight is 348 g/mol. The maximum absolute atomic E-state index is 6.37. The molecule has 6 nitrogen and oxygen atoms in total. The van der Waals surface area contributed by atoms with Crippen molar-refractivity contribution in [2.75, 3.05) is 16.4 Å². The Morgan fingerprint density at radius 2 is 1.69 bits per heavy atom. The van der Waals surface area contributed by atoms with Crippen molar-refractivity contribution >= 4 is 33.9 Å². The second-order valence-electron chi connectivity index (χ2n) is 6.82. The van der Waals surface area contributed by atoms with Crippen LogP contribution in [-0.2, 0) is 0 Å². The third-order valence-corrected chi connectivity index (χ3v) is 4.98. The van der Waals surface area contributed by atoms with Crippen LogP contribution in [0.1, 0.15) is 38.5 Å². The molecule has 0 unspecified atom stereocenters. The molecule has 1 aromatic carbocycles. The number of hydrogen-bond donors (Lipinski definition) is 3. The maximum Gasteiger partial charge on any atom is 0.159 e. The number of fused-ring (bicyclic) bond motifs is 1. The summed E-state index contributed by atoms with van der Waals surface area (Å²) in [5, 5.41) is 7.91. The molecule has 1 fully saturated rings. The maximum atomic E-state index is 6.37. The van der Waals surface area contributed by atoms with E-state index in [0.717, 1.165) is 16.6 Å². The van der Waals surface area contributed by atoms with Crippen LogP contribution in [0.5, 0.6) is 0 Å². The third kappa shape index (κ3) is 3.54. The largest absolute Gasteiger partial charge is 0.393 e. The van der Waals surface area contributed by atoms with Gasteiger partial charge in [0.05, 0.1) is 5.52 Å². The van der Waals surface area contributed by atoms with Crippen molar-refractivity contribution in [2.24, 2.45) is 0 Å². The van der Waals surface area contributed by atoms with Gasteiger partial charge in [0.15, 0.2) is 11.6 Å². The Morgan fingerprint density at radius 1 is 0.885 bits per heavy atom. The summed E-state index contributed by atoms with van der Waals surface area (Å²) in [6.45, 7) is 0. The van der Waals surface area contributed by atoms with Gasteiger partial charge < -0.3 is 16.4 Å². The summed E-state index contributed by atoms with van der Waals surface area (Å²) in [7, 11) is 0. The van der Waals surface area contributed by atoms with Gasteiger partial charge in [-0.05, 0) is 37.1 Å². The minimum atomic E-state index is 0.435. The summed E-state index contributed by atoms with van der Waals surface area (Å²) in [5.74, 6) is 1.33. The summed E-state index contributed by atoms with van der Waals surface area (Å²) < 4.78 is 0. The number of aromatic nitrogens is 3. The van der Waals surface area contributed by atoms with Crippen LogP contribution in [0.2, 0.25) is 0 Å². The zero-order chi connectivity index (χ0) is 17.8. The monoisotopic (exact) mass is 348 g/mol. The van der Waals surface area contributed by atoms with Crippen molar-refractivity contribution in [3.63, 3.8) is 0 Å². The SMILES string of the molecule is Nc1c(Nc2cccc3ncccc23)ncnc1NC1CCCCCC1. The molecular weight excluding hydrogens is 324 g/mol. The summed E-state index contributed by atoms with van der Waals surface area (Å²) in [6, 6.07) is 10.4. The van der Waals surface area contributed by atoms with Crippen LogP contribution in [0, 0.1) is 0 Å². The van der Waals surface area contributed by atoms with Crippen LogP contribution in [0.25, 0.3) is 10.9 Å². The molecule has 26 heavy (non-hydrogen) atoms. The summed E-state index contributed by atoms with van der Waals surface area (Å²) in [5.41, 5.74) is 8.78. The number of nitrogens with zero attached hydrogens (tertiary/aromatic N) is 3. The zero-order valence-corrected chi connectivity index (χ0v) is 14.8. The summed E-state index contributed by atoms with van der Waals surface area (Å²) in [6.07, 6.45) is 10.8. The fourth-order valence-electron chi connectivity index (χ4n) is 3.57. The van der Waals surface area contributed by atoms with Crippen molar-refractivity contribution in [1.29, 1.82) is 0 Å². The van der Waals surface area contributed by atoms with Crippen LogP contribution < -0.4 is 16.4 Å². The predicted molar refractivity (Wildman–Crippen MR) is 107 cm³/mol. The first-order valence-electron chi connectivity index (χ1n) is 9.29. The highest BCUT2D eigenvalue weighted by Gasteiger charge is 2.16. The number of nitrogen functional groups attached to an aromatic ring is 1. The van der Waals surface area contributed by atoms with Gasteiger partial charge in [0.2, 0.25) is 0 Å². The third-order valence-electron chi connectivity index (χ3n) is 4.98. The second-order valence-corrected chi connectivity index (χ2v) is 6.82. The van der Waals surface area contributed by atoms with Crippen LogP contribution in [0.3, 0.4) is 0 Å². The molecule has 0 bridgehead atoms. The van der Waals surface area contributed by atoms with Gasteiger partial charge in [-0.25, -0.2) is 9.97 Å². The van der Waals surface area contributed by atoms with Crippen molar-refractivity contribution < 1.29 is 0 Å². The van der Waals surface area contributed by atoms with E-state index in [9.17, 15) is 0 Å². The Kier molecular flexibility index (Phi) is 4.82. The van der Waals surface area contributed by atoms with Crippen molar-refractivity contribution in [3.05, 3.63) is 42.9 Å². The molecule has 6 heteroatoms. The molecule has 2 aromatic heterocycles. The Labute approximate surface area is 153 Å². The molecule has 4 N–H and O–H groups in total. The Morgan fingerprint density at radius 3 is 2.54 bits per heavy atom. The van der Waals surface area contributed by atoms with E-state index < -0.39 is 0 Å². The number of nitrogens with two attached hydrogens (primary N) is 1. The average Bonchev–Trinajstić information content (AvgIpc) is 2.94. The minimum absolute atomic E-state index is 0.435.